The molecule has 4 N–H and O–H groups in total. The molecule has 0 aromatic carbocycles. The van der Waals surface area contributed by atoms with E-state index >= 15 is 0 Å². The van der Waals surface area contributed by atoms with Crippen LogP contribution in [-0.4, -0.2) is 49.4 Å². The van der Waals surface area contributed by atoms with Crippen molar-refractivity contribution in [1.29, 1.82) is 0 Å². The van der Waals surface area contributed by atoms with E-state index in [0.29, 0.717) is 17.8 Å². The summed E-state index contributed by atoms with van der Waals surface area (Å²) in [7, 11) is 0. The van der Waals surface area contributed by atoms with E-state index in [0.717, 1.165) is 45.4 Å². The number of unbranched alkanes of at least 4 members (excludes halogenated alkanes) is 11. The van der Waals surface area contributed by atoms with E-state index in [1.807, 2.05) is 4.90 Å². The lowest BCUT2D eigenvalue weighted by molar-refractivity contribution is -0.132. The average molecular weight is 617 g/mol. The molecule has 1 saturated carbocycles. The summed E-state index contributed by atoms with van der Waals surface area (Å²) >= 11 is 0. The molecule has 256 valence electrons. The van der Waals surface area contributed by atoms with Gasteiger partial charge in [0, 0.05) is 31.8 Å². The summed E-state index contributed by atoms with van der Waals surface area (Å²) in [6.07, 6.45) is 29.7. The van der Waals surface area contributed by atoms with Gasteiger partial charge in [-0.15, -0.1) is 0 Å². The molecular weight excluding hydrogens is 544 g/mol. The third kappa shape index (κ3) is 16.1. The number of nitrogens with two attached hydrogens (primary N) is 1. The van der Waals surface area contributed by atoms with Crippen LogP contribution in [0.15, 0.2) is 11.3 Å². The predicted octanol–water partition coefficient (Wildman–Crippen LogP) is 8.79. The maximum absolute atomic E-state index is 12.2. The van der Waals surface area contributed by atoms with Crippen LogP contribution < -0.4 is 16.4 Å². The molecule has 0 radical (unpaired) electrons. The third-order valence-corrected chi connectivity index (χ3v) is 10.4. The monoisotopic (exact) mass is 617 g/mol. The highest BCUT2D eigenvalue weighted by atomic mass is 16.2. The number of rotatable bonds is 27. The second-order valence-electron chi connectivity index (χ2n) is 14.4. The van der Waals surface area contributed by atoms with Crippen LogP contribution in [0.4, 0.5) is 0 Å². The Morgan fingerprint density at radius 2 is 1.43 bits per heavy atom. The molecule has 44 heavy (non-hydrogen) atoms. The summed E-state index contributed by atoms with van der Waals surface area (Å²) in [6, 6.07) is 0. The Morgan fingerprint density at radius 1 is 0.795 bits per heavy atom. The summed E-state index contributed by atoms with van der Waals surface area (Å²) < 4.78 is 0. The zero-order valence-electron chi connectivity index (χ0n) is 29.4. The highest BCUT2D eigenvalue weighted by Crippen LogP contribution is 2.36. The summed E-state index contributed by atoms with van der Waals surface area (Å²) in [5.41, 5.74) is 10.0. The summed E-state index contributed by atoms with van der Waals surface area (Å²) in [6.45, 7) is 10.6. The van der Waals surface area contributed by atoms with Gasteiger partial charge >= 0.3 is 0 Å². The highest BCUT2D eigenvalue weighted by molar-refractivity contribution is 5.84. The number of carbonyl (C=O) groups excluding carboxylic acids is 2. The minimum absolute atomic E-state index is 0.0211. The van der Waals surface area contributed by atoms with Crippen LogP contribution in [0.1, 0.15) is 175 Å². The summed E-state index contributed by atoms with van der Waals surface area (Å²) in [4.78, 5) is 26.1. The van der Waals surface area contributed by atoms with E-state index in [2.05, 4.69) is 31.4 Å². The van der Waals surface area contributed by atoms with E-state index in [1.165, 1.54) is 128 Å². The van der Waals surface area contributed by atoms with Crippen molar-refractivity contribution in [3.63, 3.8) is 0 Å². The molecule has 2 unspecified atom stereocenters. The Morgan fingerprint density at radius 3 is 2.02 bits per heavy atom. The first kappa shape index (κ1) is 38.6. The van der Waals surface area contributed by atoms with Gasteiger partial charge in [0.05, 0.1) is 6.54 Å². The van der Waals surface area contributed by atoms with Gasteiger partial charge in [-0.25, -0.2) is 0 Å². The quantitative estimate of drug-likeness (QED) is 0.0805. The lowest BCUT2D eigenvalue weighted by Crippen LogP contribution is -2.38. The Hall–Kier alpha value is -1.56. The van der Waals surface area contributed by atoms with E-state index < -0.39 is 0 Å². The molecule has 0 bridgehead atoms. The van der Waals surface area contributed by atoms with Crippen molar-refractivity contribution in [3.8, 4) is 0 Å². The Balaban J connectivity index is 1.46. The lowest BCUT2D eigenvalue weighted by atomic mass is 9.74. The molecule has 2 amide bonds. The van der Waals surface area contributed by atoms with Crippen LogP contribution in [0.3, 0.4) is 0 Å². The number of allylic oxidation sites excluding steroid dienone is 2. The molecule has 0 aromatic rings. The van der Waals surface area contributed by atoms with Gasteiger partial charge in [-0.1, -0.05) is 103 Å². The van der Waals surface area contributed by atoms with Crippen LogP contribution in [-0.2, 0) is 9.59 Å². The summed E-state index contributed by atoms with van der Waals surface area (Å²) in [5.74, 6) is 0.666. The molecule has 2 atom stereocenters. The molecule has 0 spiro atoms. The fourth-order valence-corrected chi connectivity index (χ4v) is 7.23. The minimum atomic E-state index is 0.0211. The molecule has 1 heterocycles. The van der Waals surface area contributed by atoms with Crippen molar-refractivity contribution in [2.24, 2.45) is 17.1 Å². The Kier molecular flexibility index (Phi) is 20.8. The number of likely N-dealkylation sites (tertiary alicyclic amines) is 1. The van der Waals surface area contributed by atoms with Gasteiger partial charge < -0.3 is 21.3 Å². The standard InChI is InChI=1S/C38H72N4O2/c1-4-6-16-26-38(32-39,25-5-2)27-17-13-14-22-35(34-20-19-21-34)40-28-18-12-10-8-7-9-11-15-23-36(43)41-30-37(44)42-29-24-33(3)31-42/h33,40H,4-32,39H2,1-3H3,(H,41,43). The van der Waals surface area contributed by atoms with Crippen molar-refractivity contribution in [1.82, 2.24) is 15.5 Å². The zero-order chi connectivity index (χ0) is 31.9. The molecular formula is C38H72N4O2. The number of amides is 2. The van der Waals surface area contributed by atoms with Crippen LogP contribution in [0.2, 0.25) is 0 Å². The average Bonchev–Trinajstić information content (AvgIpc) is 3.43. The molecule has 2 fully saturated rings. The second kappa shape index (κ2) is 23.7. The number of nitrogens with zero attached hydrogens (tertiary/aromatic N) is 1. The number of nitrogens with one attached hydrogen (secondary N) is 2. The molecule has 1 aliphatic heterocycles. The van der Waals surface area contributed by atoms with Crippen molar-refractivity contribution in [2.45, 2.75) is 175 Å². The lowest BCUT2D eigenvalue weighted by Gasteiger charge is -2.33. The van der Waals surface area contributed by atoms with E-state index in [9.17, 15) is 9.59 Å². The fraction of sp³-hybridized carbons (Fsp3) is 0.895. The summed E-state index contributed by atoms with van der Waals surface area (Å²) in [5, 5.41) is 6.68. The van der Waals surface area contributed by atoms with Crippen LogP contribution in [0.5, 0.6) is 0 Å². The van der Waals surface area contributed by atoms with Crippen molar-refractivity contribution >= 4 is 11.8 Å². The zero-order valence-corrected chi connectivity index (χ0v) is 29.4. The van der Waals surface area contributed by atoms with Gasteiger partial charge in [-0.05, 0) is 88.5 Å². The maximum Gasteiger partial charge on any atom is 0.241 e. The number of hydrogen-bond donors (Lipinski definition) is 3. The van der Waals surface area contributed by atoms with Gasteiger partial charge in [0.25, 0.3) is 0 Å². The first-order valence-corrected chi connectivity index (χ1v) is 19.1. The van der Waals surface area contributed by atoms with E-state index in [1.54, 1.807) is 11.3 Å². The first-order chi connectivity index (χ1) is 21.4. The molecule has 0 aromatic heterocycles. The van der Waals surface area contributed by atoms with Crippen molar-refractivity contribution < 1.29 is 9.59 Å². The van der Waals surface area contributed by atoms with E-state index in [4.69, 9.17) is 5.73 Å². The predicted molar refractivity (Wildman–Crippen MR) is 187 cm³/mol. The number of carbonyl (C=O) groups is 2. The molecule has 6 nitrogen and oxygen atoms in total. The van der Waals surface area contributed by atoms with Gasteiger partial charge in [0.2, 0.25) is 11.8 Å². The maximum atomic E-state index is 12.2. The Bertz CT molecular complexity index is 807. The molecule has 1 saturated heterocycles. The highest BCUT2D eigenvalue weighted by Gasteiger charge is 2.26. The van der Waals surface area contributed by atoms with Gasteiger partial charge in [0.15, 0.2) is 0 Å². The smallest absolute Gasteiger partial charge is 0.241 e. The molecule has 6 heteroatoms. The van der Waals surface area contributed by atoms with Gasteiger partial charge in [-0.3, -0.25) is 9.59 Å². The second-order valence-corrected chi connectivity index (χ2v) is 14.4. The molecule has 2 aliphatic rings. The third-order valence-electron chi connectivity index (χ3n) is 10.4. The van der Waals surface area contributed by atoms with Crippen molar-refractivity contribution in [3.05, 3.63) is 11.3 Å². The van der Waals surface area contributed by atoms with Crippen molar-refractivity contribution in [2.75, 3.05) is 32.7 Å². The largest absolute Gasteiger partial charge is 0.388 e. The van der Waals surface area contributed by atoms with Crippen LogP contribution in [0.25, 0.3) is 0 Å². The van der Waals surface area contributed by atoms with Gasteiger partial charge in [0.1, 0.15) is 0 Å². The van der Waals surface area contributed by atoms with Crippen LogP contribution >= 0.6 is 0 Å². The number of hydrogen-bond acceptors (Lipinski definition) is 4. The van der Waals surface area contributed by atoms with Gasteiger partial charge in [-0.2, -0.15) is 0 Å². The van der Waals surface area contributed by atoms with E-state index in [-0.39, 0.29) is 18.4 Å². The minimum Gasteiger partial charge on any atom is -0.388 e. The van der Waals surface area contributed by atoms with Crippen LogP contribution in [0, 0.1) is 11.3 Å². The molecule has 2 rings (SSSR count). The normalized spacial score (nSPS) is 17.8. The first-order valence-electron chi connectivity index (χ1n) is 19.1. The molecule has 1 aliphatic carbocycles. The topological polar surface area (TPSA) is 87.5 Å². The SMILES string of the molecule is CCCCCC(CN)(CCC)CCCCCC(NCCCCCCCCCCC(=O)NCC(=O)N1CCC(C)C1)=C1CCC1. The fourth-order valence-electron chi connectivity index (χ4n) is 7.23. The Labute approximate surface area is 272 Å².